The van der Waals surface area contributed by atoms with Crippen LogP contribution in [0.1, 0.15) is 65.2 Å². The number of likely N-dealkylation sites (tertiary alicyclic amines) is 1. The first kappa shape index (κ1) is 31.0. The maximum absolute atomic E-state index is 14.5. The minimum Gasteiger partial charge on any atom is -0.396 e. The summed E-state index contributed by atoms with van der Waals surface area (Å²) in [5.41, 5.74) is -1.11. The van der Waals surface area contributed by atoms with Gasteiger partial charge in [0.05, 0.1) is 17.4 Å². The molecule has 3 aliphatic heterocycles. The number of ether oxygens (including phenoxy) is 1. The Morgan fingerprint density at radius 3 is 2.41 bits per heavy atom. The van der Waals surface area contributed by atoms with Gasteiger partial charge in [-0.2, -0.15) is 0 Å². The standard InChI is InChI=1S/C33H47N3O5/c1-5-9-22-34(20-6-2)31(40)28-33-19-18-32(8-4,41-33)26(27(33)30(39)36(28)23-14-11-15-24-37)29(38)35(21-7-3)25-16-12-10-13-17-25/h6-7,10,12-13,16-17,26-28,37H,2-3,5,8-9,11,14-15,18-24H2,1,4H3/t26-,27-,28?,32+,33?/m0/s1. The van der Waals surface area contributed by atoms with Crippen molar-refractivity contribution in [1.29, 1.82) is 0 Å². The summed E-state index contributed by atoms with van der Waals surface area (Å²) in [5, 5.41) is 9.30. The SMILES string of the molecule is C=CCN(CCCC)C(=O)C1N(CCCCCO)C(=O)[C@@H]2[C@@H](C(=O)N(CC=C)c3ccccc3)[C@@]3(CC)CCC12O3. The van der Waals surface area contributed by atoms with Gasteiger partial charge in [-0.1, -0.05) is 50.6 Å². The number of hydrogen-bond donors (Lipinski definition) is 1. The van der Waals surface area contributed by atoms with Crippen LogP contribution in [0.3, 0.4) is 0 Å². The van der Waals surface area contributed by atoms with Crippen molar-refractivity contribution in [2.24, 2.45) is 11.8 Å². The van der Waals surface area contributed by atoms with Crippen molar-refractivity contribution < 1.29 is 24.2 Å². The van der Waals surface area contributed by atoms with E-state index in [-0.39, 0.29) is 24.3 Å². The summed E-state index contributed by atoms with van der Waals surface area (Å²) in [6, 6.07) is 8.67. The molecule has 8 heteroatoms. The van der Waals surface area contributed by atoms with Crippen LogP contribution in [0.15, 0.2) is 55.6 Å². The number of amides is 3. The Bertz CT molecular complexity index is 1110. The zero-order chi connectivity index (χ0) is 29.6. The average molecular weight is 566 g/mol. The highest BCUT2D eigenvalue weighted by Crippen LogP contribution is 2.64. The highest BCUT2D eigenvalue weighted by molar-refractivity contribution is 6.03. The van der Waals surface area contributed by atoms with Gasteiger partial charge < -0.3 is 24.5 Å². The van der Waals surface area contributed by atoms with Crippen LogP contribution in [0.4, 0.5) is 5.69 Å². The number of unbranched alkanes of at least 4 members (excludes halogenated alkanes) is 3. The van der Waals surface area contributed by atoms with Crippen LogP contribution in [0.5, 0.6) is 0 Å². The van der Waals surface area contributed by atoms with E-state index >= 15 is 0 Å². The van der Waals surface area contributed by atoms with Crippen LogP contribution in [0.2, 0.25) is 0 Å². The van der Waals surface area contributed by atoms with Gasteiger partial charge in [0.25, 0.3) is 0 Å². The molecule has 0 radical (unpaired) electrons. The molecule has 224 valence electrons. The number of para-hydroxylation sites is 1. The summed E-state index contributed by atoms with van der Waals surface area (Å²) >= 11 is 0. The van der Waals surface area contributed by atoms with Crippen molar-refractivity contribution in [1.82, 2.24) is 9.80 Å². The van der Waals surface area contributed by atoms with Gasteiger partial charge in [0.15, 0.2) is 0 Å². The maximum Gasteiger partial charge on any atom is 0.248 e. The van der Waals surface area contributed by atoms with E-state index in [4.69, 9.17) is 4.74 Å². The van der Waals surface area contributed by atoms with Crippen LogP contribution < -0.4 is 4.90 Å². The lowest BCUT2D eigenvalue weighted by atomic mass is 9.64. The molecule has 3 aliphatic rings. The third-order valence-corrected chi connectivity index (χ3v) is 9.33. The van der Waals surface area contributed by atoms with E-state index in [1.54, 1.807) is 26.9 Å². The summed E-state index contributed by atoms with van der Waals surface area (Å²) < 4.78 is 6.96. The first-order valence-electron chi connectivity index (χ1n) is 15.3. The second kappa shape index (κ2) is 13.3. The fourth-order valence-corrected chi connectivity index (χ4v) is 7.38. The smallest absolute Gasteiger partial charge is 0.248 e. The number of aliphatic hydroxyl groups is 1. The van der Waals surface area contributed by atoms with Crippen molar-refractivity contribution >= 4 is 23.4 Å². The molecule has 4 rings (SSSR count). The molecular formula is C33H47N3O5. The van der Waals surface area contributed by atoms with E-state index in [1.165, 1.54) is 0 Å². The van der Waals surface area contributed by atoms with Crippen LogP contribution >= 0.6 is 0 Å². The summed E-state index contributed by atoms with van der Waals surface area (Å²) in [5.74, 6) is -1.87. The van der Waals surface area contributed by atoms with E-state index in [0.29, 0.717) is 58.3 Å². The number of hydrogen-bond acceptors (Lipinski definition) is 5. The van der Waals surface area contributed by atoms with Crippen LogP contribution in [-0.4, -0.2) is 82.7 Å². The predicted octanol–water partition coefficient (Wildman–Crippen LogP) is 4.34. The summed E-state index contributed by atoms with van der Waals surface area (Å²) in [6.45, 7) is 13.6. The molecule has 3 fully saturated rings. The van der Waals surface area contributed by atoms with Crippen molar-refractivity contribution in [2.75, 3.05) is 37.7 Å². The van der Waals surface area contributed by atoms with Gasteiger partial charge in [-0.3, -0.25) is 14.4 Å². The van der Waals surface area contributed by atoms with Gasteiger partial charge >= 0.3 is 0 Å². The number of nitrogens with zero attached hydrogens (tertiary/aromatic N) is 3. The number of anilines is 1. The first-order chi connectivity index (χ1) is 19.9. The lowest BCUT2D eigenvalue weighted by molar-refractivity contribution is -0.152. The van der Waals surface area contributed by atoms with E-state index in [2.05, 4.69) is 20.1 Å². The number of benzene rings is 1. The van der Waals surface area contributed by atoms with Crippen molar-refractivity contribution in [3.05, 3.63) is 55.6 Å². The molecular weight excluding hydrogens is 518 g/mol. The molecule has 1 aromatic carbocycles. The summed E-state index contributed by atoms with van der Waals surface area (Å²) in [7, 11) is 0. The molecule has 0 aromatic heterocycles. The second-order valence-electron chi connectivity index (χ2n) is 11.6. The number of aliphatic hydroxyl groups excluding tert-OH is 1. The molecule has 41 heavy (non-hydrogen) atoms. The molecule has 1 aromatic rings. The highest BCUT2D eigenvalue weighted by Gasteiger charge is 2.79. The van der Waals surface area contributed by atoms with Gasteiger partial charge in [-0.05, 0) is 57.1 Å². The Morgan fingerprint density at radius 1 is 1.05 bits per heavy atom. The minimum absolute atomic E-state index is 0.0876. The monoisotopic (exact) mass is 565 g/mol. The Morgan fingerprint density at radius 2 is 1.78 bits per heavy atom. The molecule has 3 saturated heterocycles. The van der Waals surface area contributed by atoms with Crippen LogP contribution in [0.25, 0.3) is 0 Å². The minimum atomic E-state index is -1.05. The van der Waals surface area contributed by atoms with Crippen molar-refractivity contribution in [3.63, 3.8) is 0 Å². The molecule has 0 saturated carbocycles. The number of fused-ring (bicyclic) bond motifs is 1. The quantitative estimate of drug-likeness (QED) is 0.238. The summed E-state index contributed by atoms with van der Waals surface area (Å²) in [6.07, 6.45) is 9.03. The number of carbonyl (C=O) groups excluding carboxylic acids is 3. The average Bonchev–Trinajstić information content (AvgIpc) is 3.59. The topological polar surface area (TPSA) is 90.4 Å². The first-order valence-corrected chi connectivity index (χ1v) is 15.3. The zero-order valence-corrected chi connectivity index (χ0v) is 24.8. The van der Waals surface area contributed by atoms with Gasteiger partial charge in [0, 0.05) is 38.5 Å². The van der Waals surface area contributed by atoms with E-state index in [9.17, 15) is 19.5 Å². The van der Waals surface area contributed by atoms with Crippen molar-refractivity contribution in [3.8, 4) is 0 Å². The highest BCUT2D eigenvalue weighted by atomic mass is 16.5. The normalized spacial score (nSPS) is 28.0. The molecule has 3 heterocycles. The predicted molar refractivity (Wildman–Crippen MR) is 160 cm³/mol. The van der Waals surface area contributed by atoms with Crippen molar-refractivity contribution in [2.45, 2.75) is 82.5 Å². The largest absolute Gasteiger partial charge is 0.396 e. The zero-order valence-electron chi connectivity index (χ0n) is 24.8. The van der Waals surface area contributed by atoms with Crippen LogP contribution in [-0.2, 0) is 19.1 Å². The fraction of sp³-hybridized carbons (Fsp3) is 0.606. The molecule has 3 amide bonds. The Hall–Kier alpha value is -2.97. The van der Waals surface area contributed by atoms with Gasteiger partial charge in [-0.25, -0.2) is 0 Å². The number of carbonyl (C=O) groups is 3. The van der Waals surface area contributed by atoms with E-state index < -0.39 is 29.1 Å². The van der Waals surface area contributed by atoms with Gasteiger partial charge in [-0.15, -0.1) is 13.2 Å². The van der Waals surface area contributed by atoms with E-state index in [1.807, 2.05) is 37.3 Å². The molecule has 1 spiro atoms. The lowest BCUT2D eigenvalue weighted by Gasteiger charge is -2.37. The van der Waals surface area contributed by atoms with Gasteiger partial charge in [0.1, 0.15) is 11.6 Å². The molecule has 2 bridgehead atoms. The maximum atomic E-state index is 14.5. The third kappa shape index (κ3) is 5.48. The molecule has 8 nitrogen and oxygen atoms in total. The third-order valence-electron chi connectivity index (χ3n) is 9.33. The number of rotatable bonds is 16. The van der Waals surface area contributed by atoms with Gasteiger partial charge in [0.2, 0.25) is 17.7 Å². The molecule has 2 unspecified atom stereocenters. The molecule has 1 N–H and O–H groups in total. The Kier molecular flexibility index (Phi) is 10.1. The summed E-state index contributed by atoms with van der Waals surface area (Å²) in [4.78, 5) is 48.6. The Balaban J connectivity index is 1.77. The molecule has 5 atom stereocenters. The fourth-order valence-electron chi connectivity index (χ4n) is 7.38. The Labute approximate surface area is 245 Å². The second-order valence-corrected chi connectivity index (χ2v) is 11.6. The lowest BCUT2D eigenvalue weighted by Crippen LogP contribution is -2.56. The molecule has 0 aliphatic carbocycles. The van der Waals surface area contributed by atoms with Crippen LogP contribution in [0, 0.1) is 11.8 Å². The van der Waals surface area contributed by atoms with E-state index in [0.717, 1.165) is 24.9 Å².